The molecule has 0 aromatic heterocycles. The van der Waals surface area contributed by atoms with Gasteiger partial charge in [0.25, 0.3) is 0 Å². The summed E-state index contributed by atoms with van der Waals surface area (Å²) in [5.41, 5.74) is -0.947. The van der Waals surface area contributed by atoms with Gasteiger partial charge in [-0.15, -0.1) is 0 Å². The lowest BCUT2D eigenvalue weighted by Crippen LogP contribution is -2.30. The molecule has 0 amide bonds. The van der Waals surface area contributed by atoms with Gasteiger partial charge in [0, 0.05) is 11.7 Å². The predicted octanol–water partition coefficient (Wildman–Crippen LogP) is 3.91. The zero-order chi connectivity index (χ0) is 17.7. The average molecular weight is 340 g/mol. The van der Waals surface area contributed by atoms with E-state index in [1.807, 2.05) is 0 Å². The monoisotopic (exact) mass is 340 g/mol. The molecule has 0 unspecified atom stereocenters. The third-order valence-corrected chi connectivity index (χ3v) is 4.01. The highest BCUT2D eigenvalue weighted by atomic mass is 19.4. The van der Waals surface area contributed by atoms with E-state index in [1.54, 1.807) is 6.07 Å². The number of Topliss-reactive ketones (excluding diaryl/α,β-unsaturated/α-hetero) is 1. The van der Waals surface area contributed by atoms with Crippen molar-refractivity contribution in [3.05, 3.63) is 29.3 Å². The van der Waals surface area contributed by atoms with Crippen molar-refractivity contribution in [3.8, 4) is 6.07 Å². The van der Waals surface area contributed by atoms with Gasteiger partial charge in [0.05, 0.1) is 23.3 Å². The van der Waals surface area contributed by atoms with Crippen molar-refractivity contribution in [2.45, 2.75) is 50.9 Å². The topological polar surface area (TPSA) is 62.1 Å². The van der Waals surface area contributed by atoms with E-state index in [9.17, 15) is 18.0 Å². The van der Waals surface area contributed by atoms with Gasteiger partial charge in [-0.05, 0) is 50.8 Å². The Kier molecular flexibility index (Phi) is 5.84. The van der Waals surface area contributed by atoms with E-state index in [-0.39, 0.29) is 30.1 Å². The summed E-state index contributed by atoms with van der Waals surface area (Å²) in [7, 11) is 0. The predicted molar refractivity (Wildman–Crippen MR) is 82.5 cm³/mol. The van der Waals surface area contributed by atoms with Crippen LogP contribution >= 0.6 is 0 Å². The third-order valence-electron chi connectivity index (χ3n) is 4.01. The van der Waals surface area contributed by atoms with Crippen LogP contribution in [0.2, 0.25) is 0 Å². The standard InChI is InChI=1S/C17H19F3N2O2/c1-11(23)10-24-15-6-4-13(5-7-15)22-14-3-2-12(9-21)16(8-14)17(18,19)20/h2-3,8,13,15,22H,4-7,10H2,1H3. The number of halogens is 3. The number of nitriles is 1. The molecule has 7 heteroatoms. The Labute approximate surface area is 138 Å². The number of ether oxygens (including phenoxy) is 1. The van der Waals surface area contributed by atoms with E-state index >= 15 is 0 Å². The molecule has 4 nitrogen and oxygen atoms in total. The quantitative estimate of drug-likeness (QED) is 0.883. The molecule has 0 aliphatic heterocycles. The second kappa shape index (κ2) is 7.67. The van der Waals surface area contributed by atoms with Crippen LogP contribution in [0.4, 0.5) is 18.9 Å². The molecule has 0 atom stereocenters. The summed E-state index contributed by atoms with van der Waals surface area (Å²) in [6.07, 6.45) is -1.51. The molecule has 130 valence electrons. The molecule has 0 spiro atoms. The smallest absolute Gasteiger partial charge is 0.382 e. The molecule has 24 heavy (non-hydrogen) atoms. The van der Waals surface area contributed by atoms with Gasteiger partial charge in [0.2, 0.25) is 0 Å². The van der Waals surface area contributed by atoms with Crippen LogP contribution in [0.3, 0.4) is 0 Å². The second-order valence-corrected chi connectivity index (χ2v) is 6.00. The fourth-order valence-electron chi connectivity index (χ4n) is 2.81. The molecule has 1 fully saturated rings. The minimum atomic E-state index is -4.55. The van der Waals surface area contributed by atoms with Crippen molar-refractivity contribution in [1.29, 1.82) is 5.26 Å². The molecular weight excluding hydrogens is 321 g/mol. The lowest BCUT2D eigenvalue weighted by Gasteiger charge is -2.29. The SMILES string of the molecule is CC(=O)COC1CCC(Nc2ccc(C#N)c(C(F)(F)F)c2)CC1. The molecule has 2 rings (SSSR count). The molecule has 1 aromatic rings. The molecule has 1 aromatic carbocycles. The summed E-state index contributed by atoms with van der Waals surface area (Å²) in [6.45, 7) is 1.57. The van der Waals surface area contributed by atoms with E-state index in [4.69, 9.17) is 10.00 Å². The number of rotatable bonds is 5. The Morgan fingerprint density at radius 2 is 2.00 bits per heavy atom. The summed E-state index contributed by atoms with van der Waals surface area (Å²) in [6, 6.07) is 5.28. The molecular formula is C17H19F3N2O2. The number of carbonyl (C=O) groups excluding carboxylic acids is 1. The van der Waals surface area contributed by atoms with Crippen molar-refractivity contribution < 1.29 is 22.7 Å². The summed E-state index contributed by atoms with van der Waals surface area (Å²) in [4.78, 5) is 10.9. The number of benzene rings is 1. The van der Waals surface area contributed by atoms with Gasteiger partial charge in [0.15, 0.2) is 5.78 Å². The number of nitrogens with zero attached hydrogens (tertiary/aromatic N) is 1. The van der Waals surface area contributed by atoms with E-state index in [0.29, 0.717) is 5.69 Å². The van der Waals surface area contributed by atoms with Crippen molar-refractivity contribution >= 4 is 11.5 Å². The van der Waals surface area contributed by atoms with Crippen molar-refractivity contribution in [3.63, 3.8) is 0 Å². The van der Waals surface area contributed by atoms with E-state index in [0.717, 1.165) is 31.7 Å². The molecule has 1 aliphatic carbocycles. The van der Waals surface area contributed by atoms with Crippen LogP contribution in [0.5, 0.6) is 0 Å². The van der Waals surface area contributed by atoms with Gasteiger partial charge < -0.3 is 10.1 Å². The average Bonchev–Trinajstić information content (AvgIpc) is 2.53. The fraction of sp³-hybridized carbons (Fsp3) is 0.529. The number of alkyl halides is 3. The summed E-state index contributed by atoms with van der Waals surface area (Å²) < 4.78 is 44.4. The number of carbonyl (C=O) groups is 1. The lowest BCUT2D eigenvalue weighted by atomic mass is 9.92. The number of anilines is 1. The maximum atomic E-state index is 13.0. The Morgan fingerprint density at radius 3 is 2.54 bits per heavy atom. The zero-order valence-corrected chi connectivity index (χ0v) is 13.3. The number of ketones is 1. The molecule has 1 aliphatic rings. The van der Waals surface area contributed by atoms with Gasteiger partial charge >= 0.3 is 6.18 Å². The molecule has 0 radical (unpaired) electrons. The second-order valence-electron chi connectivity index (χ2n) is 6.00. The van der Waals surface area contributed by atoms with Gasteiger partial charge in [0.1, 0.15) is 6.61 Å². The maximum Gasteiger partial charge on any atom is 0.417 e. The fourth-order valence-corrected chi connectivity index (χ4v) is 2.81. The summed E-state index contributed by atoms with van der Waals surface area (Å²) in [5, 5.41) is 11.9. The van der Waals surface area contributed by atoms with E-state index < -0.39 is 11.7 Å². The highest BCUT2D eigenvalue weighted by Gasteiger charge is 2.34. The van der Waals surface area contributed by atoms with Crippen LogP contribution in [-0.4, -0.2) is 24.5 Å². The van der Waals surface area contributed by atoms with Gasteiger partial charge in [-0.1, -0.05) is 0 Å². The van der Waals surface area contributed by atoms with Crippen LogP contribution < -0.4 is 5.32 Å². The van der Waals surface area contributed by atoms with Crippen LogP contribution in [0.15, 0.2) is 18.2 Å². The van der Waals surface area contributed by atoms with Gasteiger partial charge in [-0.2, -0.15) is 18.4 Å². The van der Waals surface area contributed by atoms with Crippen LogP contribution in [0.1, 0.15) is 43.7 Å². The summed E-state index contributed by atoms with van der Waals surface area (Å²) in [5.74, 6) is -0.0208. The Hall–Kier alpha value is -2.07. The zero-order valence-electron chi connectivity index (χ0n) is 13.3. The first-order valence-corrected chi connectivity index (χ1v) is 7.78. The van der Waals surface area contributed by atoms with Crippen molar-refractivity contribution in [1.82, 2.24) is 0 Å². The number of nitrogens with one attached hydrogen (secondary N) is 1. The lowest BCUT2D eigenvalue weighted by molar-refractivity contribution is -0.137. The minimum absolute atomic E-state index is 0.0208. The van der Waals surface area contributed by atoms with Crippen LogP contribution in [0, 0.1) is 11.3 Å². The first-order chi connectivity index (χ1) is 11.3. The Morgan fingerprint density at radius 1 is 1.33 bits per heavy atom. The van der Waals surface area contributed by atoms with Crippen LogP contribution in [0.25, 0.3) is 0 Å². The molecule has 0 heterocycles. The minimum Gasteiger partial charge on any atom is -0.382 e. The van der Waals surface area contributed by atoms with Crippen molar-refractivity contribution in [2.75, 3.05) is 11.9 Å². The largest absolute Gasteiger partial charge is 0.417 e. The number of hydrogen-bond donors (Lipinski definition) is 1. The highest BCUT2D eigenvalue weighted by Crippen LogP contribution is 2.34. The van der Waals surface area contributed by atoms with Crippen molar-refractivity contribution in [2.24, 2.45) is 0 Å². The number of hydrogen-bond acceptors (Lipinski definition) is 4. The molecule has 0 saturated heterocycles. The van der Waals surface area contributed by atoms with Crippen LogP contribution in [-0.2, 0) is 15.7 Å². The van der Waals surface area contributed by atoms with E-state index in [1.165, 1.54) is 19.1 Å². The normalized spacial score (nSPS) is 21.1. The Bertz CT molecular complexity index is 630. The maximum absolute atomic E-state index is 13.0. The molecule has 1 N–H and O–H groups in total. The highest BCUT2D eigenvalue weighted by molar-refractivity contribution is 5.76. The van der Waals surface area contributed by atoms with E-state index in [2.05, 4.69) is 5.32 Å². The third kappa shape index (κ3) is 4.96. The molecule has 1 saturated carbocycles. The first kappa shape index (κ1) is 18.3. The van der Waals surface area contributed by atoms with Gasteiger partial charge in [-0.25, -0.2) is 0 Å². The first-order valence-electron chi connectivity index (χ1n) is 7.78. The molecule has 0 bridgehead atoms. The Balaban J connectivity index is 1.96. The van der Waals surface area contributed by atoms with Gasteiger partial charge in [-0.3, -0.25) is 4.79 Å². The summed E-state index contributed by atoms with van der Waals surface area (Å²) >= 11 is 0.